The molecule has 2 aromatic rings. The van der Waals surface area contributed by atoms with Gasteiger partial charge in [0.05, 0.1) is 31.4 Å². The van der Waals surface area contributed by atoms with Crippen LogP contribution in [0.2, 0.25) is 5.02 Å². The molecule has 3 atom stereocenters. The third-order valence-corrected chi connectivity index (χ3v) is 6.66. The molecule has 2 aliphatic heterocycles. The summed E-state index contributed by atoms with van der Waals surface area (Å²) in [4.78, 5) is 32.2. The number of carbonyl (C=O) groups is 2. The Hall–Kier alpha value is -3.34. The number of aliphatic imine (C=N–C) groups is 1. The first-order valence-corrected chi connectivity index (χ1v) is 13.5. The van der Waals surface area contributed by atoms with E-state index in [9.17, 15) is 9.59 Å². The van der Waals surface area contributed by atoms with Gasteiger partial charge in [-0.25, -0.2) is 15.6 Å². The minimum absolute atomic E-state index is 0.0357. The summed E-state index contributed by atoms with van der Waals surface area (Å²) in [5.41, 5.74) is 9.63. The first kappa shape index (κ1) is 28.7. The smallest absolute Gasteiger partial charge is 0.407 e. The van der Waals surface area contributed by atoms with E-state index >= 15 is 0 Å². The van der Waals surface area contributed by atoms with Crippen LogP contribution in [0.15, 0.2) is 47.5 Å². The number of benzene rings is 2. The van der Waals surface area contributed by atoms with Crippen LogP contribution >= 0.6 is 11.6 Å². The Bertz CT molecular complexity index is 1210. The zero-order valence-electron chi connectivity index (χ0n) is 23.0. The van der Waals surface area contributed by atoms with Crippen LogP contribution in [0.25, 0.3) is 0 Å². The Labute approximate surface area is 234 Å². The molecule has 10 nitrogen and oxygen atoms in total. The van der Waals surface area contributed by atoms with Crippen LogP contribution < -0.4 is 31.1 Å². The first-order valence-electron chi connectivity index (χ1n) is 13.1. The normalized spacial score (nSPS) is 20.3. The van der Waals surface area contributed by atoms with Crippen molar-refractivity contribution < 1.29 is 19.1 Å². The van der Waals surface area contributed by atoms with Gasteiger partial charge in [-0.05, 0) is 64.4 Å². The topological polar surface area (TPSA) is 116 Å². The first-order chi connectivity index (χ1) is 18.6. The van der Waals surface area contributed by atoms with Crippen LogP contribution in [-0.4, -0.2) is 61.9 Å². The van der Waals surface area contributed by atoms with Crippen LogP contribution in [0, 0.1) is 0 Å². The molecule has 4 N–H and O–H groups in total. The van der Waals surface area contributed by atoms with Crippen LogP contribution in [-0.2, 0) is 9.53 Å². The second kappa shape index (κ2) is 12.2. The van der Waals surface area contributed by atoms with Crippen molar-refractivity contribution >= 4 is 35.0 Å². The predicted molar refractivity (Wildman–Crippen MR) is 152 cm³/mol. The fourth-order valence-electron chi connectivity index (χ4n) is 4.67. The molecule has 11 heteroatoms. The molecule has 0 spiro atoms. The SMILES string of the molecule is COc1ccc2c(c1)C(c1ccc(Cl)cc1)=N[C@@H](CC(=O)NCCCNC(=O)OC(C)(C)C)C1NNC(C)N21. The lowest BCUT2D eigenvalue weighted by molar-refractivity contribution is -0.121. The number of hydrazine groups is 1. The molecule has 2 unspecified atom stereocenters. The zero-order chi connectivity index (χ0) is 28.2. The number of rotatable bonds is 8. The Morgan fingerprint density at radius 3 is 2.49 bits per heavy atom. The van der Waals surface area contributed by atoms with Gasteiger partial charge in [-0.1, -0.05) is 23.7 Å². The summed E-state index contributed by atoms with van der Waals surface area (Å²) in [6, 6.07) is 13.1. The van der Waals surface area contributed by atoms with E-state index in [0.717, 1.165) is 28.3 Å². The van der Waals surface area contributed by atoms with E-state index in [4.69, 9.17) is 26.1 Å². The van der Waals surface area contributed by atoms with Gasteiger partial charge in [0.25, 0.3) is 0 Å². The summed E-state index contributed by atoms with van der Waals surface area (Å²) in [6.07, 6.45) is -0.0129. The number of anilines is 1. The molecular formula is C28H37ClN6O4. The van der Waals surface area contributed by atoms with Crippen molar-refractivity contribution in [2.75, 3.05) is 25.1 Å². The maximum atomic E-state index is 13.0. The largest absolute Gasteiger partial charge is 0.497 e. The van der Waals surface area contributed by atoms with Crippen molar-refractivity contribution in [1.82, 2.24) is 21.5 Å². The molecular weight excluding hydrogens is 520 g/mol. The Morgan fingerprint density at radius 2 is 1.79 bits per heavy atom. The summed E-state index contributed by atoms with van der Waals surface area (Å²) in [7, 11) is 1.64. The highest BCUT2D eigenvalue weighted by molar-refractivity contribution is 6.30. The fourth-order valence-corrected chi connectivity index (χ4v) is 4.79. The lowest BCUT2D eigenvalue weighted by atomic mass is 9.99. The fraction of sp³-hybridized carbons (Fsp3) is 0.464. The van der Waals surface area contributed by atoms with Crippen LogP contribution in [0.1, 0.15) is 51.7 Å². The van der Waals surface area contributed by atoms with Crippen LogP contribution in [0.4, 0.5) is 10.5 Å². The van der Waals surface area contributed by atoms with E-state index in [-0.39, 0.29) is 24.7 Å². The maximum Gasteiger partial charge on any atom is 0.407 e. The minimum atomic E-state index is -0.554. The molecule has 0 radical (unpaired) electrons. The standard InChI is InChI=1S/C28H37ClN6O4/c1-17-33-34-26-22(16-24(36)30-13-6-14-31-27(37)39-28(2,3)4)32-25(18-7-9-19(29)10-8-18)21-15-20(38-5)11-12-23(21)35(17)26/h7-12,15,17,22,26,33-34H,6,13-14,16H2,1-5H3,(H,30,36)(H,31,37)/t17?,22-,26?/m0/s1. The summed E-state index contributed by atoms with van der Waals surface area (Å²) in [5.74, 6) is 0.595. The number of halogens is 1. The van der Waals surface area contributed by atoms with E-state index in [1.165, 1.54) is 0 Å². The van der Waals surface area contributed by atoms with Crippen molar-refractivity contribution in [3.05, 3.63) is 58.6 Å². The van der Waals surface area contributed by atoms with E-state index in [1.54, 1.807) is 7.11 Å². The molecule has 2 amide bonds. The quantitative estimate of drug-likeness (QED) is 0.367. The van der Waals surface area contributed by atoms with E-state index in [1.807, 2.05) is 63.2 Å². The van der Waals surface area contributed by atoms with E-state index in [2.05, 4.69) is 33.3 Å². The Kier molecular flexibility index (Phi) is 8.99. The number of hydrogen-bond acceptors (Lipinski definition) is 8. The van der Waals surface area contributed by atoms with Crippen LogP contribution in [0.3, 0.4) is 0 Å². The van der Waals surface area contributed by atoms with Crippen molar-refractivity contribution in [1.29, 1.82) is 0 Å². The molecule has 0 aliphatic carbocycles. The summed E-state index contributed by atoms with van der Waals surface area (Å²) in [5, 5.41) is 6.30. The lowest BCUT2D eigenvalue weighted by Gasteiger charge is -2.31. The average Bonchev–Trinajstić information content (AvgIpc) is 3.20. The molecule has 2 aliphatic rings. The molecule has 0 bridgehead atoms. The third-order valence-electron chi connectivity index (χ3n) is 6.41. The number of fused-ring (bicyclic) bond motifs is 3. The van der Waals surface area contributed by atoms with Gasteiger partial charge in [-0.15, -0.1) is 0 Å². The van der Waals surface area contributed by atoms with Gasteiger partial charge in [-0.3, -0.25) is 9.79 Å². The zero-order valence-corrected chi connectivity index (χ0v) is 23.8. The molecule has 1 fully saturated rings. The van der Waals surface area contributed by atoms with Gasteiger partial charge >= 0.3 is 6.09 Å². The molecule has 0 aromatic heterocycles. The second-order valence-electron chi connectivity index (χ2n) is 10.6. The number of carbonyl (C=O) groups excluding carboxylic acids is 2. The highest BCUT2D eigenvalue weighted by atomic mass is 35.5. The summed E-state index contributed by atoms with van der Waals surface area (Å²) < 4.78 is 10.8. The molecule has 4 rings (SSSR count). The third kappa shape index (κ3) is 7.20. The van der Waals surface area contributed by atoms with Gasteiger partial charge in [-0.2, -0.15) is 0 Å². The predicted octanol–water partition coefficient (Wildman–Crippen LogP) is 3.58. The monoisotopic (exact) mass is 556 g/mol. The minimum Gasteiger partial charge on any atom is -0.497 e. The Morgan fingerprint density at radius 1 is 1.08 bits per heavy atom. The molecule has 210 valence electrons. The number of ether oxygens (including phenoxy) is 2. The number of nitrogens with zero attached hydrogens (tertiary/aromatic N) is 2. The summed E-state index contributed by atoms with van der Waals surface area (Å²) >= 11 is 6.17. The Balaban J connectivity index is 1.51. The lowest BCUT2D eigenvalue weighted by Crippen LogP contribution is -2.47. The van der Waals surface area contributed by atoms with Crippen LogP contribution in [0.5, 0.6) is 5.75 Å². The second-order valence-corrected chi connectivity index (χ2v) is 11.0. The molecule has 2 aromatic carbocycles. The molecule has 39 heavy (non-hydrogen) atoms. The van der Waals surface area contributed by atoms with E-state index in [0.29, 0.717) is 24.5 Å². The number of alkyl carbamates (subject to hydrolysis) is 1. The van der Waals surface area contributed by atoms with Crippen molar-refractivity contribution in [3.8, 4) is 5.75 Å². The van der Waals surface area contributed by atoms with Gasteiger partial charge in [0.1, 0.15) is 17.5 Å². The van der Waals surface area contributed by atoms with Gasteiger partial charge in [0, 0.05) is 34.9 Å². The number of hydrogen-bond donors (Lipinski definition) is 4. The molecule has 2 heterocycles. The average molecular weight is 557 g/mol. The highest BCUT2D eigenvalue weighted by Gasteiger charge is 2.40. The van der Waals surface area contributed by atoms with Gasteiger partial charge < -0.3 is 25.0 Å². The molecule has 0 saturated carbocycles. The van der Waals surface area contributed by atoms with Crippen molar-refractivity contribution in [3.63, 3.8) is 0 Å². The van der Waals surface area contributed by atoms with Crippen molar-refractivity contribution in [2.24, 2.45) is 4.99 Å². The number of nitrogens with one attached hydrogen (secondary N) is 4. The maximum absolute atomic E-state index is 13.0. The number of methoxy groups -OCH3 is 1. The highest BCUT2D eigenvalue weighted by Crippen LogP contribution is 2.36. The number of amides is 2. The van der Waals surface area contributed by atoms with Crippen molar-refractivity contribution in [2.45, 2.75) is 64.5 Å². The summed E-state index contributed by atoms with van der Waals surface area (Å²) in [6.45, 7) is 8.31. The van der Waals surface area contributed by atoms with Gasteiger partial charge in [0.15, 0.2) is 0 Å². The molecule has 1 saturated heterocycles. The van der Waals surface area contributed by atoms with E-state index < -0.39 is 17.7 Å². The van der Waals surface area contributed by atoms with Gasteiger partial charge in [0.2, 0.25) is 5.91 Å².